The Bertz CT molecular complexity index is 985. The summed E-state index contributed by atoms with van der Waals surface area (Å²) in [6, 6.07) is 11.0. The fraction of sp³-hybridized carbons (Fsp3) is 0.111. The van der Waals surface area contributed by atoms with Gasteiger partial charge in [0, 0.05) is 22.6 Å². The molecular weight excluding hydrogens is 370 g/mol. The number of amides is 1. The number of nitrogens with zero attached hydrogens (tertiary/aromatic N) is 2. The highest BCUT2D eigenvalue weighted by Crippen LogP contribution is 2.32. The van der Waals surface area contributed by atoms with Crippen LogP contribution in [0, 0.1) is 10.1 Å². The van der Waals surface area contributed by atoms with E-state index in [1.807, 2.05) is 5.38 Å². The number of thiazole rings is 1. The van der Waals surface area contributed by atoms with Gasteiger partial charge in [-0.1, -0.05) is 12.1 Å². The van der Waals surface area contributed by atoms with E-state index in [1.54, 1.807) is 24.3 Å². The van der Waals surface area contributed by atoms with Crippen LogP contribution in [0.1, 0.15) is 16.1 Å². The number of benzene rings is 2. The average Bonchev–Trinajstić information content (AvgIpc) is 3.15. The lowest BCUT2D eigenvalue weighted by Crippen LogP contribution is -2.10. The second-order valence-corrected chi connectivity index (χ2v) is 6.32. The molecule has 8 nitrogen and oxygen atoms in total. The summed E-state index contributed by atoms with van der Waals surface area (Å²) in [5.74, 6) is 0.186. The fourth-order valence-electron chi connectivity index (χ4n) is 2.33. The van der Waals surface area contributed by atoms with Crippen LogP contribution in [0.15, 0.2) is 47.8 Å². The van der Waals surface area contributed by atoms with Crippen LogP contribution in [0.2, 0.25) is 0 Å². The van der Waals surface area contributed by atoms with Gasteiger partial charge in [-0.05, 0) is 18.2 Å². The molecule has 0 radical (unpaired) electrons. The Morgan fingerprint density at radius 3 is 2.59 bits per heavy atom. The number of rotatable bonds is 7. The average molecular weight is 385 g/mol. The van der Waals surface area contributed by atoms with Gasteiger partial charge in [0.2, 0.25) is 5.91 Å². The predicted molar refractivity (Wildman–Crippen MR) is 100 cm³/mol. The minimum atomic E-state index is -0.497. The van der Waals surface area contributed by atoms with Gasteiger partial charge >= 0.3 is 0 Å². The zero-order valence-corrected chi connectivity index (χ0v) is 15.1. The van der Waals surface area contributed by atoms with Gasteiger partial charge in [0.25, 0.3) is 5.69 Å². The van der Waals surface area contributed by atoms with Crippen LogP contribution in [0.4, 0.5) is 5.69 Å². The standard InChI is InChI=1S/C18H15N3O5S/c1-25-15-7-6-14(21(23)24)8-16(15)26-9-13-10-27-18(20-13)12-4-2-11(3-5-12)17(19)22/h2-8,10H,9H2,1H3,(H2,19,22). The number of aromatic nitrogens is 1. The molecule has 0 spiro atoms. The second-order valence-electron chi connectivity index (χ2n) is 5.47. The number of carbonyl (C=O) groups is 1. The van der Waals surface area contributed by atoms with Crippen molar-refractivity contribution in [3.63, 3.8) is 0 Å². The minimum absolute atomic E-state index is 0.0840. The van der Waals surface area contributed by atoms with Crippen LogP contribution < -0.4 is 15.2 Å². The molecule has 2 aromatic carbocycles. The molecule has 0 aliphatic carbocycles. The van der Waals surface area contributed by atoms with Gasteiger partial charge in [0.05, 0.1) is 23.8 Å². The van der Waals surface area contributed by atoms with Crippen molar-refractivity contribution in [3.05, 3.63) is 69.2 Å². The maximum atomic E-state index is 11.1. The van der Waals surface area contributed by atoms with E-state index in [4.69, 9.17) is 15.2 Å². The SMILES string of the molecule is COc1ccc([N+](=O)[O-])cc1OCc1csc(-c2ccc(C(N)=O)cc2)n1. The summed E-state index contributed by atoms with van der Waals surface area (Å²) in [6.45, 7) is 0.132. The molecule has 3 aromatic rings. The van der Waals surface area contributed by atoms with E-state index in [1.165, 1.54) is 36.6 Å². The Balaban J connectivity index is 1.74. The Hall–Kier alpha value is -3.46. The molecule has 1 aromatic heterocycles. The van der Waals surface area contributed by atoms with Gasteiger partial charge in [0.1, 0.15) is 11.6 Å². The number of nitro groups is 1. The summed E-state index contributed by atoms with van der Waals surface area (Å²) in [5, 5.41) is 13.5. The normalized spacial score (nSPS) is 10.4. The van der Waals surface area contributed by atoms with Gasteiger partial charge in [-0.2, -0.15) is 0 Å². The monoisotopic (exact) mass is 385 g/mol. The first-order valence-corrected chi connectivity index (χ1v) is 8.66. The maximum Gasteiger partial charge on any atom is 0.273 e. The molecule has 0 unspecified atom stereocenters. The molecule has 0 aliphatic rings. The van der Waals surface area contributed by atoms with Crippen LogP contribution in [-0.2, 0) is 6.61 Å². The summed E-state index contributed by atoms with van der Waals surface area (Å²) in [7, 11) is 1.46. The lowest BCUT2D eigenvalue weighted by molar-refractivity contribution is -0.385. The fourth-order valence-corrected chi connectivity index (χ4v) is 3.14. The number of primary amides is 1. The number of hydrogen-bond acceptors (Lipinski definition) is 7. The molecule has 2 N–H and O–H groups in total. The molecule has 0 saturated carbocycles. The second kappa shape index (κ2) is 7.83. The van der Waals surface area contributed by atoms with Gasteiger partial charge in [-0.25, -0.2) is 4.98 Å². The summed E-state index contributed by atoms with van der Waals surface area (Å²) in [5.41, 5.74) is 7.10. The van der Waals surface area contributed by atoms with Crippen LogP contribution in [0.3, 0.4) is 0 Å². The molecule has 27 heavy (non-hydrogen) atoms. The Labute approximate surface area is 158 Å². The molecule has 1 heterocycles. The smallest absolute Gasteiger partial charge is 0.273 e. The van der Waals surface area contributed by atoms with Gasteiger partial charge in [0.15, 0.2) is 11.5 Å². The van der Waals surface area contributed by atoms with Crippen LogP contribution in [0.5, 0.6) is 11.5 Å². The predicted octanol–water partition coefficient (Wildman–Crippen LogP) is 3.40. The zero-order valence-electron chi connectivity index (χ0n) is 14.2. The highest BCUT2D eigenvalue weighted by atomic mass is 32.1. The van der Waals surface area contributed by atoms with Crippen molar-refractivity contribution in [2.24, 2.45) is 5.73 Å². The number of nitro benzene ring substituents is 1. The molecule has 0 fully saturated rings. The minimum Gasteiger partial charge on any atom is -0.493 e. The van der Waals surface area contributed by atoms with Crippen LogP contribution in [0.25, 0.3) is 10.6 Å². The third-order valence-corrected chi connectivity index (χ3v) is 4.64. The first-order valence-electron chi connectivity index (χ1n) is 7.78. The van der Waals surface area contributed by atoms with Crippen molar-refractivity contribution in [3.8, 4) is 22.1 Å². The summed E-state index contributed by atoms with van der Waals surface area (Å²) in [4.78, 5) is 26.0. The van der Waals surface area contributed by atoms with Crippen molar-refractivity contribution in [1.29, 1.82) is 0 Å². The van der Waals surface area contributed by atoms with Crippen molar-refractivity contribution in [1.82, 2.24) is 4.98 Å². The molecule has 3 rings (SSSR count). The molecule has 0 atom stereocenters. The number of methoxy groups -OCH3 is 1. The van der Waals surface area contributed by atoms with E-state index in [0.717, 1.165) is 10.6 Å². The largest absolute Gasteiger partial charge is 0.493 e. The Morgan fingerprint density at radius 1 is 1.22 bits per heavy atom. The van der Waals surface area contributed by atoms with E-state index in [-0.39, 0.29) is 18.0 Å². The van der Waals surface area contributed by atoms with Gasteiger partial charge in [-0.15, -0.1) is 11.3 Å². The summed E-state index contributed by atoms with van der Waals surface area (Å²) in [6.07, 6.45) is 0. The lowest BCUT2D eigenvalue weighted by Gasteiger charge is -2.09. The van der Waals surface area contributed by atoms with E-state index in [0.29, 0.717) is 17.0 Å². The van der Waals surface area contributed by atoms with E-state index in [9.17, 15) is 14.9 Å². The van der Waals surface area contributed by atoms with Crippen molar-refractivity contribution < 1.29 is 19.2 Å². The molecule has 0 saturated heterocycles. The third-order valence-electron chi connectivity index (χ3n) is 3.70. The van der Waals surface area contributed by atoms with E-state index < -0.39 is 10.8 Å². The van der Waals surface area contributed by atoms with Gasteiger partial charge < -0.3 is 15.2 Å². The topological polar surface area (TPSA) is 118 Å². The first-order chi connectivity index (χ1) is 13.0. The molecule has 138 valence electrons. The lowest BCUT2D eigenvalue weighted by atomic mass is 10.1. The van der Waals surface area contributed by atoms with Crippen LogP contribution in [-0.4, -0.2) is 22.9 Å². The number of carbonyl (C=O) groups excluding carboxylic acids is 1. The molecule has 0 bridgehead atoms. The van der Waals surface area contributed by atoms with Crippen molar-refractivity contribution >= 4 is 22.9 Å². The van der Waals surface area contributed by atoms with Crippen LogP contribution >= 0.6 is 11.3 Å². The molecular formula is C18H15N3O5S. The quantitative estimate of drug-likeness (QED) is 0.492. The summed E-state index contributed by atoms with van der Waals surface area (Å²) < 4.78 is 10.8. The van der Waals surface area contributed by atoms with E-state index in [2.05, 4.69) is 4.98 Å². The number of ether oxygens (including phenoxy) is 2. The number of nitrogens with two attached hydrogens (primary N) is 1. The number of non-ortho nitro benzene ring substituents is 1. The Kier molecular flexibility index (Phi) is 5.32. The van der Waals surface area contributed by atoms with Crippen molar-refractivity contribution in [2.45, 2.75) is 6.61 Å². The first kappa shape index (κ1) is 18.3. The maximum absolute atomic E-state index is 11.1. The molecule has 1 amide bonds. The van der Waals surface area contributed by atoms with Gasteiger partial charge in [-0.3, -0.25) is 14.9 Å². The highest BCUT2D eigenvalue weighted by Gasteiger charge is 2.13. The van der Waals surface area contributed by atoms with E-state index >= 15 is 0 Å². The van der Waals surface area contributed by atoms with Crippen molar-refractivity contribution in [2.75, 3.05) is 7.11 Å². The third kappa shape index (κ3) is 4.21. The zero-order chi connectivity index (χ0) is 19.4. The molecule has 9 heteroatoms. The highest BCUT2D eigenvalue weighted by molar-refractivity contribution is 7.13. The number of hydrogen-bond donors (Lipinski definition) is 1. The summed E-state index contributed by atoms with van der Waals surface area (Å²) >= 11 is 1.42. The Morgan fingerprint density at radius 2 is 1.96 bits per heavy atom. The molecule has 0 aliphatic heterocycles.